The molecule has 1 N–H and O–H groups in total. The second-order valence-electron chi connectivity index (χ2n) is 5.86. The fraction of sp³-hybridized carbons (Fsp3) is 0.643. The number of nitrogens with zero attached hydrogens (tertiary/aromatic N) is 2. The minimum absolute atomic E-state index is 0.0319. The lowest BCUT2D eigenvalue weighted by molar-refractivity contribution is 0.0230. The van der Waals surface area contributed by atoms with Crippen LogP contribution in [0.15, 0.2) is 10.9 Å². The predicted octanol–water partition coefficient (Wildman–Crippen LogP) is 2.52. The van der Waals surface area contributed by atoms with E-state index < -0.39 is 5.60 Å². The van der Waals surface area contributed by atoms with Crippen LogP contribution in [0.1, 0.15) is 44.6 Å². The molecule has 0 saturated heterocycles. The molecule has 1 aromatic rings. The molecule has 0 unspecified atom stereocenters. The molecular formula is C14H23N3O3S. The van der Waals surface area contributed by atoms with Crippen LogP contribution in [0.5, 0.6) is 0 Å². The Bertz CT molecular complexity index is 468. The summed E-state index contributed by atoms with van der Waals surface area (Å²) in [5.41, 5.74) is 1.53. The van der Waals surface area contributed by atoms with Gasteiger partial charge in [0.05, 0.1) is 5.51 Å². The van der Waals surface area contributed by atoms with Gasteiger partial charge >= 0.3 is 6.09 Å². The average molecular weight is 313 g/mol. The Labute approximate surface area is 129 Å². The zero-order chi connectivity index (χ0) is 16.0. The summed E-state index contributed by atoms with van der Waals surface area (Å²) < 4.78 is 5.30. The van der Waals surface area contributed by atoms with E-state index in [1.807, 2.05) is 27.7 Å². The van der Waals surface area contributed by atoms with Crippen LogP contribution in [0, 0.1) is 0 Å². The summed E-state index contributed by atoms with van der Waals surface area (Å²) in [5.74, 6) is -0.191. The SMILES string of the molecule is C[C@H](CCNC(=O)c1cscn1)N(C)C(=O)OC(C)(C)C. The summed E-state index contributed by atoms with van der Waals surface area (Å²) >= 11 is 1.38. The Morgan fingerprint density at radius 2 is 2.14 bits per heavy atom. The first-order chi connectivity index (χ1) is 9.70. The number of thiazole rings is 1. The van der Waals surface area contributed by atoms with Crippen LogP contribution in [-0.2, 0) is 4.74 Å². The number of hydrogen-bond acceptors (Lipinski definition) is 5. The molecule has 0 fully saturated rings. The highest BCUT2D eigenvalue weighted by Gasteiger charge is 2.22. The van der Waals surface area contributed by atoms with Gasteiger partial charge in [-0.2, -0.15) is 0 Å². The number of ether oxygens (including phenoxy) is 1. The summed E-state index contributed by atoms with van der Waals surface area (Å²) in [7, 11) is 1.70. The van der Waals surface area contributed by atoms with Crippen molar-refractivity contribution in [2.24, 2.45) is 0 Å². The third kappa shape index (κ3) is 6.12. The van der Waals surface area contributed by atoms with E-state index in [2.05, 4.69) is 10.3 Å². The third-order valence-electron chi connectivity index (χ3n) is 2.86. The van der Waals surface area contributed by atoms with Crippen molar-refractivity contribution in [3.8, 4) is 0 Å². The van der Waals surface area contributed by atoms with Gasteiger partial charge in [-0.05, 0) is 34.1 Å². The zero-order valence-electron chi connectivity index (χ0n) is 13.2. The Morgan fingerprint density at radius 1 is 1.48 bits per heavy atom. The topological polar surface area (TPSA) is 71.5 Å². The quantitative estimate of drug-likeness (QED) is 0.906. The molecule has 1 heterocycles. The Kier molecular flexibility index (Phi) is 6.14. The first-order valence-electron chi connectivity index (χ1n) is 6.83. The predicted molar refractivity (Wildman–Crippen MR) is 82.5 cm³/mol. The molecule has 7 heteroatoms. The third-order valence-corrected chi connectivity index (χ3v) is 3.44. The van der Waals surface area contributed by atoms with E-state index >= 15 is 0 Å². The van der Waals surface area contributed by atoms with E-state index in [0.717, 1.165) is 0 Å². The largest absolute Gasteiger partial charge is 0.444 e. The minimum atomic E-state index is -0.510. The summed E-state index contributed by atoms with van der Waals surface area (Å²) in [6.07, 6.45) is 0.284. The molecular weight excluding hydrogens is 290 g/mol. The van der Waals surface area contributed by atoms with Crippen molar-refractivity contribution < 1.29 is 14.3 Å². The highest BCUT2D eigenvalue weighted by Crippen LogP contribution is 2.11. The smallest absolute Gasteiger partial charge is 0.410 e. The lowest BCUT2D eigenvalue weighted by atomic mass is 10.2. The molecule has 21 heavy (non-hydrogen) atoms. The first kappa shape index (κ1) is 17.4. The molecule has 0 bridgehead atoms. The van der Waals surface area contributed by atoms with Gasteiger partial charge in [0, 0.05) is 25.0 Å². The Hall–Kier alpha value is -1.63. The molecule has 0 spiro atoms. The van der Waals surface area contributed by atoms with Gasteiger partial charge in [-0.25, -0.2) is 9.78 Å². The lowest BCUT2D eigenvalue weighted by Crippen LogP contribution is -2.41. The van der Waals surface area contributed by atoms with E-state index in [1.54, 1.807) is 22.8 Å². The summed E-state index contributed by atoms with van der Waals surface area (Å²) in [6, 6.07) is -0.0319. The van der Waals surface area contributed by atoms with Crippen molar-refractivity contribution in [2.45, 2.75) is 45.8 Å². The van der Waals surface area contributed by atoms with Gasteiger partial charge in [0.25, 0.3) is 5.91 Å². The maximum absolute atomic E-state index is 11.9. The van der Waals surface area contributed by atoms with Gasteiger partial charge in [-0.1, -0.05) is 0 Å². The molecule has 0 radical (unpaired) electrons. The van der Waals surface area contributed by atoms with Crippen LogP contribution >= 0.6 is 11.3 Å². The van der Waals surface area contributed by atoms with E-state index in [-0.39, 0.29) is 18.0 Å². The van der Waals surface area contributed by atoms with Crippen molar-refractivity contribution in [1.82, 2.24) is 15.2 Å². The van der Waals surface area contributed by atoms with Crippen molar-refractivity contribution >= 4 is 23.3 Å². The van der Waals surface area contributed by atoms with Gasteiger partial charge in [0.15, 0.2) is 0 Å². The second kappa shape index (κ2) is 7.40. The number of rotatable bonds is 5. The highest BCUT2D eigenvalue weighted by atomic mass is 32.1. The molecule has 0 aliphatic rings. The molecule has 0 aliphatic carbocycles. The summed E-state index contributed by atoms with van der Waals surface area (Å²) in [6.45, 7) is 7.88. The summed E-state index contributed by atoms with van der Waals surface area (Å²) in [5, 5.41) is 4.48. The van der Waals surface area contributed by atoms with Gasteiger partial charge in [0.2, 0.25) is 0 Å². The molecule has 2 amide bonds. The first-order valence-corrected chi connectivity index (χ1v) is 7.77. The second-order valence-corrected chi connectivity index (χ2v) is 6.58. The normalized spacial score (nSPS) is 12.6. The Morgan fingerprint density at radius 3 is 2.67 bits per heavy atom. The van der Waals surface area contributed by atoms with Crippen LogP contribution < -0.4 is 5.32 Å². The standard InChI is InChI=1S/C14H23N3O3S/c1-10(17(5)13(19)20-14(2,3)4)6-7-15-12(18)11-8-21-9-16-11/h8-10H,6-7H2,1-5H3,(H,15,18)/t10-/m1/s1. The molecule has 1 atom stereocenters. The number of hydrogen-bond donors (Lipinski definition) is 1. The number of carbonyl (C=O) groups excluding carboxylic acids is 2. The maximum Gasteiger partial charge on any atom is 0.410 e. The monoisotopic (exact) mass is 313 g/mol. The lowest BCUT2D eigenvalue weighted by Gasteiger charge is -2.28. The summed E-state index contributed by atoms with van der Waals surface area (Å²) in [4.78, 5) is 29.1. The Balaban J connectivity index is 2.34. The van der Waals surface area contributed by atoms with Crippen LogP contribution in [0.2, 0.25) is 0 Å². The molecule has 0 saturated carbocycles. The molecule has 1 rings (SSSR count). The van der Waals surface area contributed by atoms with Gasteiger partial charge < -0.3 is 15.0 Å². The van der Waals surface area contributed by atoms with Crippen molar-refractivity contribution in [2.75, 3.05) is 13.6 Å². The highest BCUT2D eigenvalue weighted by molar-refractivity contribution is 7.07. The minimum Gasteiger partial charge on any atom is -0.444 e. The fourth-order valence-corrected chi connectivity index (χ4v) is 2.05. The maximum atomic E-state index is 11.9. The van der Waals surface area contributed by atoms with Crippen molar-refractivity contribution in [1.29, 1.82) is 0 Å². The molecule has 118 valence electrons. The van der Waals surface area contributed by atoms with Gasteiger partial charge in [0.1, 0.15) is 11.3 Å². The molecule has 0 aliphatic heterocycles. The van der Waals surface area contributed by atoms with Crippen LogP contribution in [0.4, 0.5) is 4.79 Å². The number of nitrogens with one attached hydrogen (secondary N) is 1. The number of carbonyl (C=O) groups is 2. The van der Waals surface area contributed by atoms with Crippen LogP contribution in [0.25, 0.3) is 0 Å². The fourth-order valence-electron chi connectivity index (χ4n) is 1.52. The molecule has 6 nitrogen and oxygen atoms in total. The van der Waals surface area contributed by atoms with Crippen LogP contribution in [0.3, 0.4) is 0 Å². The van der Waals surface area contributed by atoms with E-state index in [4.69, 9.17) is 4.74 Å². The number of aromatic nitrogens is 1. The molecule has 1 aromatic heterocycles. The van der Waals surface area contributed by atoms with E-state index in [9.17, 15) is 9.59 Å². The van der Waals surface area contributed by atoms with Crippen molar-refractivity contribution in [3.63, 3.8) is 0 Å². The zero-order valence-corrected chi connectivity index (χ0v) is 14.0. The van der Waals surface area contributed by atoms with Crippen molar-refractivity contribution in [3.05, 3.63) is 16.6 Å². The average Bonchev–Trinajstić information content (AvgIpc) is 2.89. The molecule has 0 aromatic carbocycles. The van der Waals surface area contributed by atoms with E-state index in [0.29, 0.717) is 18.7 Å². The number of amides is 2. The van der Waals surface area contributed by atoms with Gasteiger partial charge in [-0.3, -0.25) is 4.79 Å². The van der Waals surface area contributed by atoms with Crippen LogP contribution in [-0.4, -0.2) is 47.1 Å². The van der Waals surface area contributed by atoms with Gasteiger partial charge in [-0.15, -0.1) is 11.3 Å². The van der Waals surface area contributed by atoms with E-state index in [1.165, 1.54) is 11.3 Å².